The molecule has 0 aromatic heterocycles. The van der Waals surface area contributed by atoms with Crippen LogP contribution in [0.15, 0.2) is 66.7 Å². The average molecular weight is 457 g/mol. The van der Waals surface area contributed by atoms with E-state index < -0.39 is 5.82 Å². The number of halogens is 3. The number of ether oxygens (including phenoxy) is 1. The van der Waals surface area contributed by atoms with Crippen molar-refractivity contribution in [2.24, 2.45) is 0 Å². The third kappa shape index (κ3) is 5.59. The third-order valence-electron chi connectivity index (χ3n) is 5.95. The van der Waals surface area contributed by atoms with Crippen LogP contribution in [0, 0.1) is 18.6 Å². The first-order valence-corrected chi connectivity index (χ1v) is 11.3. The van der Waals surface area contributed by atoms with Crippen molar-refractivity contribution in [3.05, 3.63) is 94.5 Å². The maximum atomic E-state index is 13.5. The van der Waals surface area contributed by atoms with Crippen LogP contribution in [-0.2, 0) is 0 Å². The summed E-state index contributed by atoms with van der Waals surface area (Å²) in [4.78, 5) is 4.85. The van der Waals surface area contributed by atoms with Gasteiger partial charge in [0.05, 0.1) is 5.02 Å². The van der Waals surface area contributed by atoms with Gasteiger partial charge in [0.2, 0.25) is 0 Å². The monoisotopic (exact) mass is 456 g/mol. The highest BCUT2D eigenvalue weighted by molar-refractivity contribution is 6.30. The molecule has 0 N–H and O–H groups in total. The molecule has 0 saturated carbocycles. The molecule has 168 valence electrons. The molecule has 1 atom stereocenters. The molecule has 0 amide bonds. The van der Waals surface area contributed by atoms with E-state index in [9.17, 15) is 8.78 Å². The summed E-state index contributed by atoms with van der Waals surface area (Å²) in [5.41, 5.74) is 3.47. The van der Waals surface area contributed by atoms with E-state index in [4.69, 9.17) is 16.3 Å². The fourth-order valence-corrected chi connectivity index (χ4v) is 4.29. The molecular formula is C26H27ClF2N2O. The van der Waals surface area contributed by atoms with Crippen LogP contribution in [0.2, 0.25) is 5.02 Å². The molecule has 0 bridgehead atoms. The minimum Gasteiger partial charge on any atom is -0.486 e. The van der Waals surface area contributed by atoms with Crippen molar-refractivity contribution in [3.8, 4) is 5.75 Å². The Kier molecular flexibility index (Phi) is 7.28. The predicted octanol–water partition coefficient (Wildman–Crippen LogP) is 6.26. The van der Waals surface area contributed by atoms with Crippen LogP contribution >= 0.6 is 11.6 Å². The molecule has 4 rings (SSSR count). The Morgan fingerprint density at radius 3 is 2.34 bits per heavy atom. The number of nitrogens with zero attached hydrogens (tertiary/aromatic N) is 2. The van der Waals surface area contributed by atoms with Gasteiger partial charge in [0.25, 0.3) is 0 Å². The largest absolute Gasteiger partial charge is 0.486 e. The Morgan fingerprint density at radius 2 is 1.66 bits per heavy atom. The second-order valence-electron chi connectivity index (χ2n) is 8.14. The van der Waals surface area contributed by atoms with Crippen LogP contribution in [-0.4, -0.2) is 37.6 Å². The lowest BCUT2D eigenvalue weighted by molar-refractivity contribution is 0.160. The molecule has 0 aliphatic carbocycles. The van der Waals surface area contributed by atoms with Gasteiger partial charge in [0, 0.05) is 50.9 Å². The number of para-hydroxylation sites is 1. The molecule has 3 aromatic rings. The number of piperazine rings is 1. The summed E-state index contributed by atoms with van der Waals surface area (Å²) in [6.45, 7) is 6.87. The molecule has 1 aliphatic heterocycles. The third-order valence-corrected chi connectivity index (χ3v) is 6.24. The van der Waals surface area contributed by atoms with Gasteiger partial charge in [-0.15, -0.1) is 0 Å². The van der Waals surface area contributed by atoms with Crippen molar-refractivity contribution in [3.63, 3.8) is 0 Å². The molecule has 0 radical (unpaired) electrons. The predicted molar refractivity (Wildman–Crippen MR) is 126 cm³/mol. The van der Waals surface area contributed by atoms with Crippen molar-refractivity contribution >= 4 is 17.3 Å². The van der Waals surface area contributed by atoms with Gasteiger partial charge >= 0.3 is 0 Å². The van der Waals surface area contributed by atoms with Gasteiger partial charge in [-0.25, -0.2) is 8.78 Å². The van der Waals surface area contributed by atoms with E-state index in [0.29, 0.717) is 5.75 Å². The molecule has 6 heteroatoms. The number of hydrogen-bond acceptors (Lipinski definition) is 3. The first-order chi connectivity index (χ1) is 15.5. The lowest BCUT2D eigenvalue weighted by Crippen LogP contribution is -2.47. The van der Waals surface area contributed by atoms with Gasteiger partial charge in [-0.05, 0) is 48.4 Å². The minimum atomic E-state index is -0.483. The standard InChI is InChI=1S/C26H27ClF2N2O/c1-19-4-2-3-5-25(19)31-16-14-30(15-17-31)13-12-26(20-6-8-21(28)9-7-20)32-22-10-11-24(29)23(27)18-22/h2-11,18,26H,12-17H2,1H3. The van der Waals surface area contributed by atoms with E-state index in [2.05, 4.69) is 41.0 Å². The molecule has 1 saturated heterocycles. The first kappa shape index (κ1) is 22.6. The summed E-state index contributed by atoms with van der Waals surface area (Å²) in [5.74, 6) is -0.274. The molecule has 1 heterocycles. The van der Waals surface area contributed by atoms with E-state index in [-0.39, 0.29) is 16.9 Å². The van der Waals surface area contributed by atoms with Crippen molar-refractivity contribution in [2.45, 2.75) is 19.4 Å². The van der Waals surface area contributed by atoms with E-state index >= 15 is 0 Å². The topological polar surface area (TPSA) is 15.7 Å². The summed E-state index contributed by atoms with van der Waals surface area (Å²) < 4.78 is 33.1. The van der Waals surface area contributed by atoms with Gasteiger partial charge in [0.1, 0.15) is 23.5 Å². The molecule has 32 heavy (non-hydrogen) atoms. The van der Waals surface area contributed by atoms with Crippen LogP contribution in [0.25, 0.3) is 0 Å². The molecule has 1 fully saturated rings. The zero-order valence-electron chi connectivity index (χ0n) is 18.1. The summed E-state index contributed by atoms with van der Waals surface area (Å²) in [6.07, 6.45) is 0.442. The van der Waals surface area contributed by atoms with Gasteiger partial charge in [0.15, 0.2) is 0 Å². The highest BCUT2D eigenvalue weighted by Gasteiger charge is 2.21. The minimum absolute atomic E-state index is 0.0210. The number of benzene rings is 3. The first-order valence-electron chi connectivity index (χ1n) is 10.9. The molecular weight excluding hydrogens is 430 g/mol. The van der Waals surface area contributed by atoms with E-state index in [1.54, 1.807) is 18.2 Å². The highest BCUT2D eigenvalue weighted by Crippen LogP contribution is 2.29. The number of anilines is 1. The summed E-state index contributed by atoms with van der Waals surface area (Å²) in [6, 6.07) is 19.2. The summed E-state index contributed by atoms with van der Waals surface area (Å²) in [7, 11) is 0. The number of hydrogen-bond donors (Lipinski definition) is 0. The van der Waals surface area contributed by atoms with Crippen molar-refractivity contribution in [1.29, 1.82) is 0 Å². The van der Waals surface area contributed by atoms with Crippen molar-refractivity contribution in [1.82, 2.24) is 4.90 Å². The highest BCUT2D eigenvalue weighted by atomic mass is 35.5. The molecule has 1 aliphatic rings. The number of aryl methyl sites for hydroxylation is 1. The fraction of sp³-hybridized carbons (Fsp3) is 0.308. The summed E-state index contributed by atoms with van der Waals surface area (Å²) in [5, 5.41) is 0.0210. The molecule has 1 unspecified atom stereocenters. The Labute approximate surface area is 193 Å². The second-order valence-corrected chi connectivity index (χ2v) is 8.55. The number of rotatable bonds is 7. The zero-order chi connectivity index (χ0) is 22.5. The van der Waals surface area contributed by atoms with Crippen LogP contribution in [0.5, 0.6) is 5.75 Å². The van der Waals surface area contributed by atoms with Crippen LogP contribution < -0.4 is 9.64 Å². The van der Waals surface area contributed by atoms with Crippen LogP contribution in [0.1, 0.15) is 23.7 Å². The maximum Gasteiger partial charge on any atom is 0.142 e. The molecule has 3 aromatic carbocycles. The molecule has 3 nitrogen and oxygen atoms in total. The quantitative estimate of drug-likeness (QED) is 0.417. The average Bonchev–Trinajstić information content (AvgIpc) is 2.80. The second kappa shape index (κ2) is 10.3. The smallest absolute Gasteiger partial charge is 0.142 e. The Bertz CT molecular complexity index is 1040. The van der Waals surface area contributed by atoms with Crippen LogP contribution in [0.4, 0.5) is 14.5 Å². The van der Waals surface area contributed by atoms with Crippen molar-refractivity contribution in [2.75, 3.05) is 37.6 Å². The Hall–Kier alpha value is -2.63. The van der Waals surface area contributed by atoms with E-state index in [1.807, 2.05) is 0 Å². The SMILES string of the molecule is Cc1ccccc1N1CCN(CCC(Oc2ccc(F)c(Cl)c2)c2ccc(F)cc2)CC1. The maximum absolute atomic E-state index is 13.5. The fourth-order valence-electron chi connectivity index (χ4n) is 4.12. The van der Waals surface area contributed by atoms with E-state index in [1.165, 1.54) is 35.5 Å². The van der Waals surface area contributed by atoms with Crippen LogP contribution in [0.3, 0.4) is 0 Å². The van der Waals surface area contributed by atoms with Gasteiger partial charge in [-0.3, -0.25) is 4.90 Å². The molecule has 0 spiro atoms. The van der Waals surface area contributed by atoms with Gasteiger partial charge in [-0.1, -0.05) is 41.9 Å². The Morgan fingerprint density at radius 1 is 0.938 bits per heavy atom. The zero-order valence-corrected chi connectivity index (χ0v) is 18.9. The van der Waals surface area contributed by atoms with E-state index in [0.717, 1.165) is 44.7 Å². The van der Waals surface area contributed by atoms with Crippen molar-refractivity contribution < 1.29 is 13.5 Å². The normalized spacial score (nSPS) is 15.6. The lowest BCUT2D eigenvalue weighted by atomic mass is 10.1. The summed E-state index contributed by atoms with van der Waals surface area (Å²) >= 11 is 5.92. The van der Waals surface area contributed by atoms with Gasteiger partial charge in [-0.2, -0.15) is 0 Å². The lowest BCUT2D eigenvalue weighted by Gasteiger charge is -2.37. The Balaban J connectivity index is 1.39. The van der Waals surface area contributed by atoms with Gasteiger partial charge < -0.3 is 9.64 Å².